The summed E-state index contributed by atoms with van der Waals surface area (Å²) in [5, 5.41) is 3.16. The summed E-state index contributed by atoms with van der Waals surface area (Å²) in [6.07, 6.45) is 2.51. The van der Waals surface area contributed by atoms with Crippen LogP contribution in [0.25, 0.3) is 0 Å². The molecule has 2 amide bonds. The first-order valence-electron chi connectivity index (χ1n) is 9.54. The summed E-state index contributed by atoms with van der Waals surface area (Å²) in [4.78, 5) is 27.2. The van der Waals surface area contributed by atoms with Crippen LogP contribution >= 0.6 is 0 Å². The zero-order chi connectivity index (χ0) is 19.3. The third kappa shape index (κ3) is 4.57. The van der Waals surface area contributed by atoms with Gasteiger partial charge in [0.2, 0.25) is 11.8 Å². The third-order valence-electron chi connectivity index (χ3n) is 5.35. The number of ether oxygens (including phenoxy) is 1. The zero-order valence-electron chi connectivity index (χ0n) is 16.7. The van der Waals surface area contributed by atoms with Gasteiger partial charge >= 0.3 is 0 Å². The predicted octanol–water partition coefficient (Wildman–Crippen LogP) is 3.33. The van der Waals surface area contributed by atoms with Gasteiger partial charge in [0.05, 0.1) is 18.6 Å². The third-order valence-corrected chi connectivity index (χ3v) is 5.35. The van der Waals surface area contributed by atoms with E-state index >= 15 is 0 Å². The number of nitrogens with one attached hydrogen (secondary N) is 1. The highest BCUT2D eigenvalue weighted by Crippen LogP contribution is 2.30. The van der Waals surface area contributed by atoms with Crippen LogP contribution in [0.15, 0.2) is 24.3 Å². The Morgan fingerprint density at radius 1 is 1.35 bits per heavy atom. The number of carbonyl (C=O) groups excluding carboxylic acids is 2. The van der Waals surface area contributed by atoms with E-state index in [1.807, 2.05) is 56.9 Å². The van der Waals surface area contributed by atoms with Crippen molar-refractivity contribution in [3.05, 3.63) is 29.8 Å². The van der Waals surface area contributed by atoms with Crippen molar-refractivity contribution in [2.75, 3.05) is 20.2 Å². The van der Waals surface area contributed by atoms with Gasteiger partial charge < -0.3 is 15.0 Å². The standard InChI is InChI=1S/C21H32N2O3/c1-6-15(2)20(25)23-13-9-10-16(14-23)19(24)22-21(3,4)17-11-7-8-12-18(17)26-5/h7-8,11-12,15-16H,6,9-10,13-14H2,1-5H3,(H,22,24). The van der Waals surface area contributed by atoms with Crippen molar-refractivity contribution < 1.29 is 14.3 Å². The summed E-state index contributed by atoms with van der Waals surface area (Å²) in [5.41, 5.74) is 0.395. The fourth-order valence-corrected chi connectivity index (χ4v) is 3.52. The molecule has 1 aliphatic heterocycles. The molecule has 1 heterocycles. The van der Waals surface area contributed by atoms with E-state index in [0.717, 1.165) is 37.1 Å². The van der Waals surface area contributed by atoms with Crippen molar-refractivity contribution >= 4 is 11.8 Å². The minimum absolute atomic E-state index is 0.00237. The highest BCUT2D eigenvalue weighted by atomic mass is 16.5. The molecule has 0 spiro atoms. The highest BCUT2D eigenvalue weighted by Gasteiger charge is 2.33. The largest absolute Gasteiger partial charge is 0.496 e. The van der Waals surface area contributed by atoms with Crippen LogP contribution in [-0.4, -0.2) is 36.9 Å². The normalized spacial score (nSPS) is 19.0. The average molecular weight is 360 g/mol. The number of benzene rings is 1. The van der Waals surface area contributed by atoms with E-state index in [2.05, 4.69) is 5.32 Å². The maximum atomic E-state index is 12.9. The second-order valence-electron chi connectivity index (χ2n) is 7.75. The summed E-state index contributed by atoms with van der Waals surface area (Å²) in [6, 6.07) is 7.73. The second-order valence-corrected chi connectivity index (χ2v) is 7.75. The number of methoxy groups -OCH3 is 1. The molecule has 0 saturated carbocycles. The van der Waals surface area contributed by atoms with Crippen molar-refractivity contribution in [3.8, 4) is 5.75 Å². The van der Waals surface area contributed by atoms with Gasteiger partial charge in [-0.15, -0.1) is 0 Å². The summed E-state index contributed by atoms with van der Waals surface area (Å²) in [7, 11) is 1.64. The molecular weight excluding hydrogens is 328 g/mol. The molecule has 0 aliphatic carbocycles. The average Bonchev–Trinajstić information content (AvgIpc) is 2.66. The maximum absolute atomic E-state index is 12.9. The van der Waals surface area contributed by atoms with Crippen LogP contribution in [-0.2, 0) is 15.1 Å². The molecule has 26 heavy (non-hydrogen) atoms. The van der Waals surface area contributed by atoms with E-state index < -0.39 is 5.54 Å². The molecule has 2 atom stereocenters. The summed E-state index contributed by atoms with van der Waals surface area (Å²) in [5.74, 6) is 0.777. The molecule has 0 radical (unpaired) electrons. The summed E-state index contributed by atoms with van der Waals surface area (Å²) in [6.45, 7) is 9.20. The SMILES string of the molecule is CCC(C)C(=O)N1CCCC(C(=O)NC(C)(C)c2ccccc2OC)C1. The Morgan fingerprint density at radius 2 is 2.04 bits per heavy atom. The number of carbonyl (C=O) groups is 2. The fourth-order valence-electron chi connectivity index (χ4n) is 3.52. The van der Waals surface area contributed by atoms with Gasteiger partial charge in [0.25, 0.3) is 0 Å². The molecule has 2 rings (SSSR count). The minimum atomic E-state index is -0.549. The number of hydrogen-bond donors (Lipinski definition) is 1. The van der Waals surface area contributed by atoms with Gasteiger partial charge in [-0.2, -0.15) is 0 Å². The Hall–Kier alpha value is -2.04. The first-order valence-corrected chi connectivity index (χ1v) is 9.54. The van der Waals surface area contributed by atoms with Crippen LogP contribution in [0, 0.1) is 11.8 Å². The number of nitrogens with zero attached hydrogens (tertiary/aromatic N) is 1. The van der Waals surface area contributed by atoms with E-state index in [0.29, 0.717) is 6.54 Å². The summed E-state index contributed by atoms with van der Waals surface area (Å²) >= 11 is 0. The van der Waals surface area contributed by atoms with E-state index in [9.17, 15) is 9.59 Å². The molecule has 1 saturated heterocycles. The van der Waals surface area contributed by atoms with Crippen molar-refractivity contribution in [1.29, 1.82) is 0 Å². The van der Waals surface area contributed by atoms with Gasteiger partial charge in [-0.1, -0.05) is 32.0 Å². The zero-order valence-corrected chi connectivity index (χ0v) is 16.7. The van der Waals surface area contributed by atoms with Crippen LogP contribution < -0.4 is 10.1 Å². The maximum Gasteiger partial charge on any atom is 0.225 e. The van der Waals surface area contributed by atoms with Gasteiger partial charge in [-0.3, -0.25) is 9.59 Å². The second kappa shape index (κ2) is 8.56. The lowest BCUT2D eigenvalue weighted by Crippen LogP contribution is -2.50. The van der Waals surface area contributed by atoms with Gasteiger partial charge in [0, 0.05) is 24.6 Å². The van der Waals surface area contributed by atoms with Crippen LogP contribution in [0.4, 0.5) is 0 Å². The quantitative estimate of drug-likeness (QED) is 0.846. The molecule has 1 aliphatic rings. The number of para-hydroxylation sites is 1. The number of piperidine rings is 1. The molecule has 2 unspecified atom stereocenters. The summed E-state index contributed by atoms with van der Waals surface area (Å²) < 4.78 is 5.44. The molecule has 5 nitrogen and oxygen atoms in total. The van der Waals surface area contributed by atoms with E-state index in [1.165, 1.54) is 0 Å². The van der Waals surface area contributed by atoms with E-state index in [1.54, 1.807) is 7.11 Å². The van der Waals surface area contributed by atoms with Gasteiger partial charge in [-0.05, 0) is 39.2 Å². The lowest BCUT2D eigenvalue weighted by molar-refractivity contribution is -0.139. The minimum Gasteiger partial charge on any atom is -0.496 e. The predicted molar refractivity (Wildman–Crippen MR) is 103 cm³/mol. The van der Waals surface area contributed by atoms with Crippen LogP contribution in [0.1, 0.15) is 52.5 Å². The van der Waals surface area contributed by atoms with E-state index in [4.69, 9.17) is 4.74 Å². The monoisotopic (exact) mass is 360 g/mol. The Balaban J connectivity index is 2.07. The smallest absolute Gasteiger partial charge is 0.225 e. The van der Waals surface area contributed by atoms with Gasteiger partial charge in [0.1, 0.15) is 5.75 Å². The highest BCUT2D eigenvalue weighted by molar-refractivity contribution is 5.82. The molecule has 1 aromatic rings. The number of amides is 2. The topological polar surface area (TPSA) is 58.6 Å². The van der Waals surface area contributed by atoms with Gasteiger partial charge in [0.15, 0.2) is 0 Å². The number of hydrogen-bond acceptors (Lipinski definition) is 3. The lowest BCUT2D eigenvalue weighted by Gasteiger charge is -2.36. The molecule has 1 aromatic carbocycles. The first-order chi connectivity index (χ1) is 12.3. The lowest BCUT2D eigenvalue weighted by atomic mass is 9.90. The number of rotatable bonds is 6. The van der Waals surface area contributed by atoms with Crippen molar-refractivity contribution in [3.63, 3.8) is 0 Å². The molecule has 5 heteroatoms. The molecule has 1 fully saturated rings. The van der Waals surface area contributed by atoms with Crippen LogP contribution in [0.2, 0.25) is 0 Å². The van der Waals surface area contributed by atoms with Crippen molar-refractivity contribution in [2.45, 2.75) is 52.5 Å². The van der Waals surface area contributed by atoms with Crippen molar-refractivity contribution in [1.82, 2.24) is 10.2 Å². The molecule has 0 bridgehead atoms. The Kier molecular flexibility index (Phi) is 6.68. The fraction of sp³-hybridized carbons (Fsp3) is 0.619. The van der Waals surface area contributed by atoms with Crippen LogP contribution in [0.3, 0.4) is 0 Å². The Morgan fingerprint density at radius 3 is 2.69 bits per heavy atom. The molecule has 1 N–H and O–H groups in total. The van der Waals surface area contributed by atoms with Crippen molar-refractivity contribution in [2.24, 2.45) is 11.8 Å². The van der Waals surface area contributed by atoms with Gasteiger partial charge in [-0.25, -0.2) is 0 Å². The Bertz CT molecular complexity index is 642. The first kappa shape index (κ1) is 20.3. The van der Waals surface area contributed by atoms with E-state index in [-0.39, 0.29) is 23.7 Å². The molecule has 144 valence electrons. The Labute approximate surface area is 157 Å². The van der Waals surface area contributed by atoms with Crippen LogP contribution in [0.5, 0.6) is 5.75 Å². The molecular formula is C21H32N2O3. The number of likely N-dealkylation sites (tertiary alicyclic amines) is 1. The molecule has 0 aromatic heterocycles.